The third-order valence-electron chi connectivity index (χ3n) is 6.77. The highest BCUT2D eigenvalue weighted by atomic mass is 19.4. The third kappa shape index (κ3) is 4.43. The molecule has 1 amide bonds. The van der Waals surface area contributed by atoms with E-state index >= 15 is 0 Å². The van der Waals surface area contributed by atoms with Crippen molar-refractivity contribution < 1.29 is 26.7 Å². The lowest BCUT2D eigenvalue weighted by molar-refractivity contribution is -0.140. The highest BCUT2D eigenvalue weighted by molar-refractivity contribution is 5.97. The molecule has 178 valence electrons. The van der Waals surface area contributed by atoms with Crippen molar-refractivity contribution in [3.63, 3.8) is 0 Å². The quantitative estimate of drug-likeness (QED) is 0.616. The van der Waals surface area contributed by atoms with Gasteiger partial charge in [0.25, 0.3) is 0 Å². The largest absolute Gasteiger partial charge is 0.419 e. The number of rotatable bonds is 3. The molecule has 2 atom stereocenters. The normalized spacial score (nSPS) is 21.5. The summed E-state index contributed by atoms with van der Waals surface area (Å²) < 4.78 is 68.4. The van der Waals surface area contributed by atoms with Gasteiger partial charge in [-0.1, -0.05) is 12.1 Å². The van der Waals surface area contributed by atoms with Gasteiger partial charge in [0.15, 0.2) is 0 Å². The monoisotopic (exact) mass is 467 g/mol. The molecule has 0 spiro atoms. The molecule has 4 nitrogen and oxygen atoms in total. The molecule has 0 aliphatic carbocycles. The van der Waals surface area contributed by atoms with E-state index < -0.39 is 29.9 Å². The van der Waals surface area contributed by atoms with Crippen molar-refractivity contribution in [2.45, 2.75) is 44.9 Å². The van der Waals surface area contributed by atoms with E-state index in [1.54, 1.807) is 6.07 Å². The lowest BCUT2D eigenvalue weighted by Crippen LogP contribution is -2.55. The van der Waals surface area contributed by atoms with Crippen LogP contribution in [-0.2, 0) is 23.8 Å². The smallest absolute Gasteiger partial charge is 0.366 e. The Hall–Kier alpha value is -2.68. The molecule has 2 aliphatic rings. The first-order valence-corrected chi connectivity index (χ1v) is 10.9. The Bertz CT molecular complexity index is 1060. The number of amides is 1. The van der Waals surface area contributed by atoms with E-state index in [2.05, 4.69) is 18.7 Å². The molecule has 33 heavy (non-hydrogen) atoms. The second kappa shape index (κ2) is 8.59. The second-order valence-corrected chi connectivity index (χ2v) is 8.95. The molecule has 2 aromatic carbocycles. The molecule has 0 bridgehead atoms. The number of anilines is 2. The first-order chi connectivity index (χ1) is 15.5. The van der Waals surface area contributed by atoms with Crippen LogP contribution in [0.5, 0.6) is 0 Å². The number of alkyl halides is 3. The molecular formula is C24H26F5N3O. The van der Waals surface area contributed by atoms with Gasteiger partial charge < -0.3 is 9.80 Å². The lowest BCUT2D eigenvalue weighted by Gasteiger charge is -2.43. The predicted molar refractivity (Wildman–Crippen MR) is 116 cm³/mol. The average molecular weight is 467 g/mol. The highest BCUT2D eigenvalue weighted by Gasteiger charge is 2.36. The van der Waals surface area contributed by atoms with Crippen molar-refractivity contribution in [2.75, 3.05) is 36.5 Å². The number of benzene rings is 2. The molecule has 0 N–H and O–H groups in total. The van der Waals surface area contributed by atoms with Crippen LogP contribution in [0.15, 0.2) is 30.3 Å². The van der Waals surface area contributed by atoms with Gasteiger partial charge in [0, 0.05) is 37.4 Å². The first kappa shape index (κ1) is 23.5. The van der Waals surface area contributed by atoms with Crippen LogP contribution >= 0.6 is 0 Å². The van der Waals surface area contributed by atoms with Crippen LogP contribution in [0, 0.1) is 11.6 Å². The summed E-state index contributed by atoms with van der Waals surface area (Å²) in [6.45, 7) is 5.65. The molecule has 9 heteroatoms. The maximum absolute atomic E-state index is 14.9. The molecule has 4 rings (SSSR count). The van der Waals surface area contributed by atoms with Crippen molar-refractivity contribution in [2.24, 2.45) is 0 Å². The van der Waals surface area contributed by atoms with Gasteiger partial charge in [0.05, 0.1) is 17.7 Å². The summed E-state index contributed by atoms with van der Waals surface area (Å²) in [6, 6.07) is 6.42. The highest BCUT2D eigenvalue weighted by Crippen LogP contribution is 2.37. The van der Waals surface area contributed by atoms with Gasteiger partial charge in [-0.25, -0.2) is 8.78 Å². The number of piperazine rings is 1. The van der Waals surface area contributed by atoms with E-state index in [0.717, 1.165) is 6.07 Å². The minimum absolute atomic E-state index is 0.211. The molecule has 1 saturated heterocycles. The van der Waals surface area contributed by atoms with Crippen LogP contribution < -0.4 is 9.80 Å². The summed E-state index contributed by atoms with van der Waals surface area (Å²) in [6.07, 6.45) is -4.92. The molecular weight excluding hydrogens is 441 g/mol. The van der Waals surface area contributed by atoms with E-state index in [0.29, 0.717) is 42.5 Å². The summed E-state index contributed by atoms with van der Waals surface area (Å²) >= 11 is 0. The average Bonchev–Trinajstić information content (AvgIpc) is 3.14. The van der Waals surface area contributed by atoms with Crippen molar-refractivity contribution in [3.05, 3.63) is 58.7 Å². The van der Waals surface area contributed by atoms with Crippen LogP contribution in [-0.4, -0.2) is 49.6 Å². The third-order valence-corrected chi connectivity index (χ3v) is 6.77. The lowest BCUT2D eigenvalue weighted by atomic mass is 10.0. The van der Waals surface area contributed by atoms with Crippen molar-refractivity contribution in [1.29, 1.82) is 0 Å². The SMILES string of the molecule is C[C@@H]1CN(c2cc3c(cc2F)CCN3C(=O)Cc2cccc(C(F)(F)F)c2F)C[C@H](C)N1C. The Kier molecular flexibility index (Phi) is 6.11. The van der Waals surface area contributed by atoms with Gasteiger partial charge in [0.1, 0.15) is 11.6 Å². The maximum Gasteiger partial charge on any atom is 0.419 e. The molecule has 2 aliphatic heterocycles. The second-order valence-electron chi connectivity index (χ2n) is 8.95. The molecule has 0 saturated carbocycles. The molecule has 0 unspecified atom stereocenters. The summed E-state index contributed by atoms with van der Waals surface area (Å²) in [5.74, 6) is -2.32. The summed E-state index contributed by atoms with van der Waals surface area (Å²) in [5, 5.41) is 0. The maximum atomic E-state index is 14.9. The number of halogens is 5. The Balaban J connectivity index is 1.60. The fourth-order valence-corrected chi connectivity index (χ4v) is 4.69. The Morgan fingerprint density at radius 1 is 1.06 bits per heavy atom. The number of hydrogen-bond donors (Lipinski definition) is 0. The number of likely N-dealkylation sites (N-methyl/N-ethyl adjacent to an activating group) is 1. The van der Waals surface area contributed by atoms with Crippen molar-refractivity contribution >= 4 is 17.3 Å². The van der Waals surface area contributed by atoms with Gasteiger partial charge in [0.2, 0.25) is 5.91 Å². The Labute approximate surface area is 189 Å². The minimum atomic E-state index is -4.84. The predicted octanol–water partition coefficient (Wildman–Crippen LogP) is 4.64. The van der Waals surface area contributed by atoms with Gasteiger partial charge >= 0.3 is 6.18 Å². The van der Waals surface area contributed by atoms with Gasteiger partial charge in [-0.15, -0.1) is 0 Å². The fraction of sp³-hybridized carbons (Fsp3) is 0.458. The summed E-state index contributed by atoms with van der Waals surface area (Å²) in [7, 11) is 2.03. The van der Waals surface area contributed by atoms with Crippen LogP contribution in [0.25, 0.3) is 0 Å². The topological polar surface area (TPSA) is 26.8 Å². The number of fused-ring (bicyclic) bond motifs is 1. The van der Waals surface area contributed by atoms with Gasteiger partial charge in [-0.05, 0) is 56.6 Å². The molecule has 2 heterocycles. The Morgan fingerprint density at radius 3 is 2.36 bits per heavy atom. The van der Waals surface area contributed by atoms with E-state index in [-0.39, 0.29) is 30.0 Å². The van der Waals surface area contributed by atoms with Gasteiger partial charge in [-0.3, -0.25) is 9.69 Å². The standard InChI is InChI=1S/C24H26F5N3O/c1-14-12-31(13-15(2)30(14)3)21-11-20-16(9-19(21)25)7-8-32(20)22(33)10-17-5-4-6-18(23(17)26)24(27,28)29/h4-6,9,11,14-15H,7-8,10,12-13H2,1-3H3/t14-,15+. The zero-order chi connectivity index (χ0) is 24.1. The zero-order valence-electron chi connectivity index (χ0n) is 18.7. The van der Waals surface area contributed by atoms with E-state index in [1.807, 2.05) is 11.9 Å². The summed E-state index contributed by atoms with van der Waals surface area (Å²) in [4.78, 5) is 18.6. The fourth-order valence-electron chi connectivity index (χ4n) is 4.69. The number of nitrogens with zero attached hydrogens (tertiary/aromatic N) is 3. The van der Waals surface area contributed by atoms with E-state index in [4.69, 9.17) is 0 Å². The van der Waals surface area contributed by atoms with Crippen LogP contribution in [0.1, 0.15) is 30.5 Å². The van der Waals surface area contributed by atoms with E-state index in [9.17, 15) is 26.7 Å². The van der Waals surface area contributed by atoms with Gasteiger partial charge in [-0.2, -0.15) is 13.2 Å². The number of carbonyl (C=O) groups excluding carboxylic acids is 1. The number of carbonyl (C=O) groups is 1. The Morgan fingerprint density at radius 2 is 1.73 bits per heavy atom. The first-order valence-electron chi connectivity index (χ1n) is 10.9. The molecule has 2 aromatic rings. The van der Waals surface area contributed by atoms with Crippen molar-refractivity contribution in [3.8, 4) is 0 Å². The minimum Gasteiger partial charge on any atom is -0.366 e. The van der Waals surface area contributed by atoms with E-state index in [1.165, 1.54) is 17.0 Å². The summed E-state index contributed by atoms with van der Waals surface area (Å²) in [5.41, 5.74) is -0.123. The van der Waals surface area contributed by atoms with Crippen LogP contribution in [0.3, 0.4) is 0 Å². The van der Waals surface area contributed by atoms with Crippen LogP contribution in [0.4, 0.5) is 33.3 Å². The van der Waals surface area contributed by atoms with Crippen LogP contribution in [0.2, 0.25) is 0 Å². The van der Waals surface area contributed by atoms with Crippen molar-refractivity contribution in [1.82, 2.24) is 4.90 Å². The molecule has 0 aromatic heterocycles. The molecule has 0 radical (unpaired) electrons. The number of hydrogen-bond acceptors (Lipinski definition) is 3. The zero-order valence-corrected chi connectivity index (χ0v) is 18.7. The molecule has 1 fully saturated rings.